The standard InChI is InChI=1S/C24H30N2O6S/c1-25-33(28,29)23-15-18(9-11-22(23)31-3)10-12-24(27)26(17-21-8-5-13-32-21)16-19-6-4-7-20(14-19)30-2/h4,6-7,9-12,14-15,21,25H,5,8,13,16-17H2,1-3H3/b12-10+. The molecule has 1 saturated heterocycles. The maximum absolute atomic E-state index is 13.1. The number of benzene rings is 2. The van der Waals surface area contributed by atoms with E-state index in [4.69, 9.17) is 14.2 Å². The Morgan fingerprint density at radius 1 is 1.21 bits per heavy atom. The van der Waals surface area contributed by atoms with Gasteiger partial charge in [-0.25, -0.2) is 13.1 Å². The average molecular weight is 475 g/mol. The smallest absolute Gasteiger partial charge is 0.246 e. The van der Waals surface area contributed by atoms with Crippen molar-refractivity contribution in [2.45, 2.75) is 30.4 Å². The molecule has 0 aromatic heterocycles. The third-order valence-electron chi connectivity index (χ3n) is 5.43. The van der Waals surface area contributed by atoms with E-state index in [0.29, 0.717) is 25.3 Å². The van der Waals surface area contributed by atoms with Crippen LogP contribution in [0.15, 0.2) is 53.4 Å². The fraction of sp³-hybridized carbons (Fsp3) is 0.375. The third-order valence-corrected chi connectivity index (χ3v) is 6.87. The Balaban J connectivity index is 1.82. The fourth-order valence-corrected chi connectivity index (χ4v) is 4.58. The molecule has 1 fully saturated rings. The quantitative estimate of drug-likeness (QED) is 0.532. The Kier molecular flexibility index (Phi) is 8.49. The molecular weight excluding hydrogens is 444 g/mol. The normalized spacial score (nSPS) is 16.2. The van der Waals surface area contributed by atoms with E-state index in [0.717, 1.165) is 24.2 Å². The summed E-state index contributed by atoms with van der Waals surface area (Å²) in [5.41, 5.74) is 1.51. The van der Waals surface area contributed by atoms with Crippen LogP contribution in [-0.4, -0.2) is 59.7 Å². The van der Waals surface area contributed by atoms with E-state index in [-0.39, 0.29) is 22.7 Å². The molecule has 1 heterocycles. The van der Waals surface area contributed by atoms with Crippen LogP contribution in [-0.2, 0) is 26.1 Å². The van der Waals surface area contributed by atoms with Crippen LogP contribution in [0, 0.1) is 0 Å². The number of hydrogen-bond donors (Lipinski definition) is 1. The number of carbonyl (C=O) groups excluding carboxylic acids is 1. The molecule has 1 aliphatic heterocycles. The molecule has 2 aromatic carbocycles. The number of nitrogens with zero attached hydrogens (tertiary/aromatic N) is 1. The molecule has 1 amide bonds. The van der Waals surface area contributed by atoms with Gasteiger partial charge in [-0.1, -0.05) is 18.2 Å². The van der Waals surface area contributed by atoms with Crippen LogP contribution in [0.1, 0.15) is 24.0 Å². The number of methoxy groups -OCH3 is 2. The lowest BCUT2D eigenvalue weighted by molar-refractivity contribution is -0.128. The predicted octanol–water partition coefficient (Wildman–Crippen LogP) is 2.83. The highest BCUT2D eigenvalue weighted by Crippen LogP contribution is 2.25. The van der Waals surface area contributed by atoms with Gasteiger partial charge in [-0.2, -0.15) is 0 Å². The minimum Gasteiger partial charge on any atom is -0.497 e. The molecule has 1 aliphatic rings. The van der Waals surface area contributed by atoms with Crippen molar-refractivity contribution >= 4 is 22.0 Å². The summed E-state index contributed by atoms with van der Waals surface area (Å²) >= 11 is 0. The van der Waals surface area contributed by atoms with Crippen molar-refractivity contribution < 1.29 is 27.4 Å². The maximum atomic E-state index is 13.1. The molecule has 3 rings (SSSR count). The minimum atomic E-state index is -3.71. The molecule has 0 radical (unpaired) electrons. The van der Waals surface area contributed by atoms with Gasteiger partial charge in [0.15, 0.2) is 0 Å². The zero-order valence-corrected chi connectivity index (χ0v) is 19.9. The summed E-state index contributed by atoms with van der Waals surface area (Å²) in [7, 11) is 0.635. The second-order valence-electron chi connectivity index (χ2n) is 7.66. The van der Waals surface area contributed by atoms with E-state index in [2.05, 4.69) is 4.72 Å². The van der Waals surface area contributed by atoms with Crippen LogP contribution in [0.4, 0.5) is 0 Å². The molecular formula is C24H30N2O6S. The summed E-state index contributed by atoms with van der Waals surface area (Å²) in [6.07, 6.45) is 4.95. The highest BCUT2D eigenvalue weighted by atomic mass is 32.2. The van der Waals surface area contributed by atoms with Gasteiger partial charge in [0, 0.05) is 25.8 Å². The van der Waals surface area contributed by atoms with Gasteiger partial charge in [0.1, 0.15) is 16.4 Å². The zero-order chi connectivity index (χ0) is 23.8. The summed E-state index contributed by atoms with van der Waals surface area (Å²) in [5.74, 6) is 0.761. The van der Waals surface area contributed by atoms with Gasteiger partial charge >= 0.3 is 0 Å². The summed E-state index contributed by atoms with van der Waals surface area (Å²) in [5, 5.41) is 0. The van der Waals surface area contributed by atoms with E-state index in [1.54, 1.807) is 30.2 Å². The highest BCUT2D eigenvalue weighted by Gasteiger charge is 2.22. The zero-order valence-electron chi connectivity index (χ0n) is 19.1. The lowest BCUT2D eigenvalue weighted by Crippen LogP contribution is -2.35. The van der Waals surface area contributed by atoms with Gasteiger partial charge in [-0.05, 0) is 61.4 Å². The molecule has 0 spiro atoms. The fourth-order valence-electron chi connectivity index (χ4n) is 3.65. The Morgan fingerprint density at radius 3 is 2.70 bits per heavy atom. The summed E-state index contributed by atoms with van der Waals surface area (Å²) in [6, 6.07) is 12.3. The van der Waals surface area contributed by atoms with E-state index in [1.165, 1.54) is 26.3 Å². The van der Waals surface area contributed by atoms with Crippen molar-refractivity contribution in [1.29, 1.82) is 0 Å². The monoisotopic (exact) mass is 474 g/mol. The molecule has 1 N–H and O–H groups in total. The lowest BCUT2D eigenvalue weighted by atomic mass is 10.1. The van der Waals surface area contributed by atoms with Gasteiger partial charge < -0.3 is 19.1 Å². The van der Waals surface area contributed by atoms with Gasteiger partial charge in [0.25, 0.3) is 0 Å². The van der Waals surface area contributed by atoms with E-state index in [9.17, 15) is 13.2 Å². The van der Waals surface area contributed by atoms with Crippen molar-refractivity contribution in [3.63, 3.8) is 0 Å². The molecule has 1 unspecified atom stereocenters. The molecule has 2 aromatic rings. The van der Waals surface area contributed by atoms with Crippen LogP contribution < -0.4 is 14.2 Å². The summed E-state index contributed by atoms with van der Waals surface area (Å²) < 4.78 is 43.1. The first-order chi connectivity index (χ1) is 15.9. The largest absolute Gasteiger partial charge is 0.497 e. The van der Waals surface area contributed by atoms with E-state index in [1.807, 2.05) is 24.3 Å². The molecule has 33 heavy (non-hydrogen) atoms. The van der Waals surface area contributed by atoms with E-state index < -0.39 is 10.0 Å². The van der Waals surface area contributed by atoms with Crippen LogP contribution in [0.5, 0.6) is 11.5 Å². The number of carbonyl (C=O) groups is 1. The van der Waals surface area contributed by atoms with Crippen LogP contribution in [0.3, 0.4) is 0 Å². The number of rotatable bonds is 10. The van der Waals surface area contributed by atoms with Gasteiger partial charge in [-0.15, -0.1) is 0 Å². The molecule has 8 nitrogen and oxygen atoms in total. The Morgan fingerprint density at radius 2 is 2.03 bits per heavy atom. The van der Waals surface area contributed by atoms with Gasteiger partial charge in [-0.3, -0.25) is 4.79 Å². The van der Waals surface area contributed by atoms with Crippen molar-refractivity contribution in [3.05, 3.63) is 59.7 Å². The van der Waals surface area contributed by atoms with Gasteiger partial charge in [0.2, 0.25) is 15.9 Å². The minimum absolute atomic E-state index is 0.00122. The summed E-state index contributed by atoms with van der Waals surface area (Å²) in [4.78, 5) is 14.9. The topological polar surface area (TPSA) is 94.2 Å². The second kappa shape index (κ2) is 11.3. The first-order valence-electron chi connectivity index (χ1n) is 10.7. The Labute approximate surface area is 195 Å². The van der Waals surface area contributed by atoms with Crippen LogP contribution >= 0.6 is 0 Å². The number of sulfonamides is 1. The lowest BCUT2D eigenvalue weighted by Gasteiger charge is -2.24. The second-order valence-corrected chi connectivity index (χ2v) is 9.51. The third kappa shape index (κ3) is 6.56. The first-order valence-corrected chi connectivity index (χ1v) is 12.2. The molecule has 0 saturated carbocycles. The number of hydrogen-bond acceptors (Lipinski definition) is 6. The SMILES string of the molecule is CNS(=O)(=O)c1cc(/C=C/C(=O)N(Cc2cccc(OC)c2)CC2CCCO2)ccc1OC. The van der Waals surface area contributed by atoms with Gasteiger partial charge in [0.05, 0.1) is 20.3 Å². The van der Waals surface area contributed by atoms with Crippen LogP contribution in [0.2, 0.25) is 0 Å². The number of nitrogens with one attached hydrogen (secondary N) is 1. The van der Waals surface area contributed by atoms with Crippen molar-refractivity contribution in [3.8, 4) is 11.5 Å². The maximum Gasteiger partial charge on any atom is 0.246 e. The summed E-state index contributed by atoms with van der Waals surface area (Å²) in [6.45, 7) is 1.58. The molecule has 9 heteroatoms. The van der Waals surface area contributed by atoms with Crippen molar-refractivity contribution in [2.75, 3.05) is 34.4 Å². The average Bonchev–Trinajstić information content (AvgIpc) is 3.35. The van der Waals surface area contributed by atoms with E-state index >= 15 is 0 Å². The Bertz CT molecular complexity index is 1090. The molecule has 178 valence electrons. The Hall–Kier alpha value is -2.88. The number of amides is 1. The number of ether oxygens (including phenoxy) is 3. The van der Waals surface area contributed by atoms with Crippen LogP contribution in [0.25, 0.3) is 6.08 Å². The highest BCUT2D eigenvalue weighted by molar-refractivity contribution is 7.89. The van der Waals surface area contributed by atoms with Crippen molar-refractivity contribution in [2.24, 2.45) is 0 Å². The molecule has 1 atom stereocenters. The first kappa shape index (κ1) is 24.8. The van der Waals surface area contributed by atoms with Crippen molar-refractivity contribution in [1.82, 2.24) is 9.62 Å². The predicted molar refractivity (Wildman–Crippen MR) is 126 cm³/mol. The molecule has 0 aliphatic carbocycles. The molecule has 0 bridgehead atoms.